The zero-order valence-corrected chi connectivity index (χ0v) is 14.0. The first-order valence-corrected chi connectivity index (χ1v) is 7.60. The van der Waals surface area contributed by atoms with Crippen LogP contribution in [0.15, 0.2) is 53.6 Å². The molecule has 4 heteroatoms. The van der Waals surface area contributed by atoms with Crippen molar-refractivity contribution in [2.75, 3.05) is 7.11 Å². The highest BCUT2D eigenvalue weighted by atomic mass is 16.5. The molecule has 0 saturated heterocycles. The molecule has 0 fully saturated rings. The number of nitrogens with one attached hydrogen (secondary N) is 1. The van der Waals surface area contributed by atoms with Crippen LogP contribution in [0, 0.1) is 0 Å². The number of hydrogen-bond acceptors (Lipinski definition) is 3. The van der Waals surface area contributed by atoms with E-state index in [-0.39, 0.29) is 5.91 Å². The molecule has 0 aliphatic rings. The lowest BCUT2D eigenvalue weighted by molar-refractivity contribution is 0.0955. The number of ether oxygens (including phenoxy) is 1. The third-order valence-corrected chi connectivity index (χ3v) is 3.65. The molecule has 1 N–H and O–H groups in total. The summed E-state index contributed by atoms with van der Waals surface area (Å²) in [6.07, 6.45) is 0. The van der Waals surface area contributed by atoms with Gasteiger partial charge in [-0.1, -0.05) is 38.1 Å². The summed E-state index contributed by atoms with van der Waals surface area (Å²) in [5.74, 6) is 0.982. The van der Waals surface area contributed by atoms with Crippen molar-refractivity contribution in [1.82, 2.24) is 5.43 Å². The molecule has 0 aliphatic carbocycles. The van der Waals surface area contributed by atoms with E-state index in [0.29, 0.717) is 11.5 Å². The molecule has 0 aromatic heterocycles. The van der Waals surface area contributed by atoms with Crippen molar-refractivity contribution in [3.8, 4) is 5.75 Å². The molecule has 2 aromatic carbocycles. The molecule has 2 rings (SSSR count). The van der Waals surface area contributed by atoms with Crippen LogP contribution in [0.1, 0.15) is 48.2 Å². The lowest BCUT2D eigenvalue weighted by Crippen LogP contribution is -2.19. The average Bonchev–Trinajstić information content (AvgIpc) is 2.59. The lowest BCUT2D eigenvalue weighted by Gasteiger charge is -2.07. The number of carbonyl (C=O) groups excluding carboxylic acids is 1. The van der Waals surface area contributed by atoms with E-state index in [0.717, 1.165) is 17.0 Å². The van der Waals surface area contributed by atoms with E-state index in [1.807, 2.05) is 55.5 Å². The molecule has 0 saturated carbocycles. The molecule has 0 heterocycles. The van der Waals surface area contributed by atoms with Crippen LogP contribution < -0.4 is 10.2 Å². The predicted octanol–water partition coefficient (Wildman–Crippen LogP) is 3.97. The Morgan fingerprint density at radius 3 is 2.39 bits per heavy atom. The molecule has 0 unspecified atom stereocenters. The van der Waals surface area contributed by atoms with E-state index >= 15 is 0 Å². The number of benzene rings is 2. The van der Waals surface area contributed by atoms with Crippen LogP contribution in [0.5, 0.6) is 5.75 Å². The maximum atomic E-state index is 12.1. The first-order valence-electron chi connectivity index (χ1n) is 7.60. The van der Waals surface area contributed by atoms with E-state index in [1.165, 1.54) is 5.56 Å². The van der Waals surface area contributed by atoms with E-state index < -0.39 is 0 Å². The van der Waals surface area contributed by atoms with Gasteiger partial charge in [0.1, 0.15) is 5.75 Å². The fraction of sp³-hybridized carbons (Fsp3) is 0.263. The maximum Gasteiger partial charge on any atom is 0.271 e. The zero-order valence-electron chi connectivity index (χ0n) is 14.0. The Bertz CT molecular complexity index is 704. The molecular formula is C19H22N2O2. The van der Waals surface area contributed by atoms with Crippen molar-refractivity contribution in [2.45, 2.75) is 26.7 Å². The molecule has 0 radical (unpaired) electrons. The second kappa shape index (κ2) is 7.58. The number of nitrogens with zero attached hydrogens (tertiary/aromatic N) is 1. The van der Waals surface area contributed by atoms with E-state index in [9.17, 15) is 4.79 Å². The SMILES string of the molecule is COc1cccc(C(C)=NNC(=O)c2ccc(C(C)C)cc2)c1. The van der Waals surface area contributed by atoms with Crippen molar-refractivity contribution >= 4 is 11.6 Å². The smallest absolute Gasteiger partial charge is 0.271 e. The molecule has 2 aromatic rings. The normalized spacial score (nSPS) is 11.4. The summed E-state index contributed by atoms with van der Waals surface area (Å²) in [5, 5.41) is 4.17. The molecule has 0 bridgehead atoms. The third kappa shape index (κ3) is 4.42. The second-order valence-corrected chi connectivity index (χ2v) is 5.65. The highest BCUT2D eigenvalue weighted by molar-refractivity contribution is 6.01. The largest absolute Gasteiger partial charge is 0.497 e. The van der Waals surface area contributed by atoms with Gasteiger partial charge in [0.2, 0.25) is 0 Å². The molecule has 23 heavy (non-hydrogen) atoms. The summed E-state index contributed by atoms with van der Waals surface area (Å²) in [5.41, 5.74) is 6.01. The van der Waals surface area contributed by atoms with E-state index in [4.69, 9.17) is 4.74 Å². The Kier molecular flexibility index (Phi) is 5.52. The van der Waals surface area contributed by atoms with Gasteiger partial charge in [-0.2, -0.15) is 5.10 Å². The van der Waals surface area contributed by atoms with Crippen LogP contribution in [0.25, 0.3) is 0 Å². The summed E-state index contributed by atoms with van der Waals surface area (Å²) in [6, 6.07) is 15.1. The molecule has 0 spiro atoms. The summed E-state index contributed by atoms with van der Waals surface area (Å²) in [4.78, 5) is 12.1. The molecule has 120 valence electrons. The number of amides is 1. The highest BCUT2D eigenvalue weighted by Crippen LogP contribution is 2.15. The van der Waals surface area contributed by atoms with Gasteiger partial charge in [0.15, 0.2) is 0 Å². The van der Waals surface area contributed by atoms with Gasteiger partial charge in [-0.05, 0) is 42.7 Å². The Morgan fingerprint density at radius 1 is 1.09 bits per heavy atom. The first-order chi connectivity index (χ1) is 11.0. The number of hydrazone groups is 1. The number of hydrogen-bond donors (Lipinski definition) is 1. The van der Waals surface area contributed by atoms with Gasteiger partial charge < -0.3 is 4.74 Å². The maximum absolute atomic E-state index is 12.1. The zero-order chi connectivity index (χ0) is 16.8. The highest BCUT2D eigenvalue weighted by Gasteiger charge is 2.06. The Hall–Kier alpha value is -2.62. The Labute approximate surface area is 137 Å². The minimum absolute atomic E-state index is 0.220. The summed E-state index contributed by atoms with van der Waals surface area (Å²) in [7, 11) is 1.62. The van der Waals surface area contributed by atoms with Gasteiger partial charge in [-0.25, -0.2) is 5.43 Å². The fourth-order valence-corrected chi connectivity index (χ4v) is 2.13. The van der Waals surface area contributed by atoms with Gasteiger partial charge in [-0.15, -0.1) is 0 Å². The average molecular weight is 310 g/mol. The van der Waals surface area contributed by atoms with Crippen LogP contribution >= 0.6 is 0 Å². The van der Waals surface area contributed by atoms with Gasteiger partial charge in [-0.3, -0.25) is 4.79 Å². The van der Waals surface area contributed by atoms with Crippen molar-refractivity contribution in [1.29, 1.82) is 0 Å². The Balaban J connectivity index is 2.07. The molecule has 1 amide bonds. The van der Waals surface area contributed by atoms with Crippen molar-refractivity contribution in [3.05, 3.63) is 65.2 Å². The topological polar surface area (TPSA) is 50.7 Å². The van der Waals surface area contributed by atoms with Crippen molar-refractivity contribution in [2.24, 2.45) is 5.10 Å². The molecule has 4 nitrogen and oxygen atoms in total. The molecular weight excluding hydrogens is 288 g/mol. The standard InChI is InChI=1S/C19H22N2O2/c1-13(2)15-8-10-16(11-9-15)19(22)21-20-14(3)17-6-5-7-18(12-17)23-4/h5-13H,1-4H3,(H,21,22). The van der Waals surface area contributed by atoms with Gasteiger partial charge in [0.05, 0.1) is 12.8 Å². The molecule has 0 aliphatic heterocycles. The Morgan fingerprint density at radius 2 is 1.78 bits per heavy atom. The van der Waals surface area contributed by atoms with Crippen LogP contribution in [-0.2, 0) is 0 Å². The summed E-state index contributed by atoms with van der Waals surface area (Å²) in [6.45, 7) is 6.09. The third-order valence-electron chi connectivity index (χ3n) is 3.65. The first kappa shape index (κ1) is 16.7. The van der Waals surface area contributed by atoms with Crippen molar-refractivity contribution in [3.63, 3.8) is 0 Å². The van der Waals surface area contributed by atoms with Gasteiger partial charge in [0, 0.05) is 11.1 Å². The monoisotopic (exact) mass is 310 g/mol. The lowest BCUT2D eigenvalue weighted by atomic mass is 10.0. The summed E-state index contributed by atoms with van der Waals surface area (Å²) >= 11 is 0. The van der Waals surface area contributed by atoms with Crippen LogP contribution in [0.4, 0.5) is 0 Å². The van der Waals surface area contributed by atoms with E-state index in [2.05, 4.69) is 24.4 Å². The number of methoxy groups -OCH3 is 1. The van der Waals surface area contributed by atoms with Gasteiger partial charge >= 0.3 is 0 Å². The van der Waals surface area contributed by atoms with Crippen molar-refractivity contribution < 1.29 is 9.53 Å². The minimum atomic E-state index is -0.220. The van der Waals surface area contributed by atoms with Crippen LogP contribution in [0.2, 0.25) is 0 Å². The van der Waals surface area contributed by atoms with Crippen LogP contribution in [0.3, 0.4) is 0 Å². The number of rotatable bonds is 5. The van der Waals surface area contributed by atoms with Gasteiger partial charge in [0.25, 0.3) is 5.91 Å². The fourth-order valence-electron chi connectivity index (χ4n) is 2.13. The molecule has 0 atom stereocenters. The quantitative estimate of drug-likeness (QED) is 0.671. The van der Waals surface area contributed by atoms with Crippen LogP contribution in [-0.4, -0.2) is 18.7 Å². The minimum Gasteiger partial charge on any atom is -0.497 e. The second-order valence-electron chi connectivity index (χ2n) is 5.65. The van der Waals surface area contributed by atoms with E-state index in [1.54, 1.807) is 7.11 Å². The summed E-state index contributed by atoms with van der Waals surface area (Å²) < 4.78 is 5.19. The predicted molar refractivity (Wildman–Crippen MR) is 93.2 cm³/mol. The number of carbonyl (C=O) groups is 1.